The Hall–Kier alpha value is -2.13. The van der Waals surface area contributed by atoms with Crippen molar-refractivity contribution in [2.24, 2.45) is 0 Å². The number of amides is 1. The molecule has 3 heteroatoms. The summed E-state index contributed by atoms with van der Waals surface area (Å²) < 4.78 is 0. The summed E-state index contributed by atoms with van der Waals surface area (Å²) in [6, 6.07) is 17.3. The summed E-state index contributed by atoms with van der Waals surface area (Å²) in [5.74, 6) is -0.264. The van der Waals surface area contributed by atoms with Crippen molar-refractivity contribution < 1.29 is 9.90 Å². The smallest absolute Gasteiger partial charge is 0.227 e. The second kappa shape index (κ2) is 5.70. The average molecular weight is 281 g/mol. The van der Waals surface area contributed by atoms with E-state index in [4.69, 9.17) is 0 Å². The van der Waals surface area contributed by atoms with Crippen LogP contribution < -0.4 is 5.32 Å². The number of aliphatic hydroxyl groups is 1. The van der Waals surface area contributed by atoms with E-state index in [1.54, 1.807) is 0 Å². The molecular weight excluding hydrogens is 262 g/mol. The van der Waals surface area contributed by atoms with E-state index in [1.165, 1.54) is 0 Å². The van der Waals surface area contributed by atoms with E-state index in [2.05, 4.69) is 5.32 Å². The van der Waals surface area contributed by atoms with Gasteiger partial charge in [0.1, 0.15) is 0 Å². The lowest BCUT2D eigenvalue weighted by Gasteiger charge is -2.20. The van der Waals surface area contributed by atoms with Crippen molar-refractivity contribution in [1.82, 2.24) is 5.32 Å². The molecule has 1 amide bonds. The third-order valence-corrected chi connectivity index (χ3v) is 4.22. The van der Waals surface area contributed by atoms with Crippen molar-refractivity contribution >= 4 is 5.91 Å². The fraction of sp³-hybridized carbons (Fsp3) is 0.278. The van der Waals surface area contributed by atoms with Crippen LogP contribution >= 0.6 is 0 Å². The van der Waals surface area contributed by atoms with Gasteiger partial charge in [0.2, 0.25) is 5.91 Å². The van der Waals surface area contributed by atoms with Gasteiger partial charge in [-0.15, -0.1) is 0 Å². The van der Waals surface area contributed by atoms with Crippen molar-refractivity contribution in [1.29, 1.82) is 0 Å². The largest absolute Gasteiger partial charge is 0.386 e. The van der Waals surface area contributed by atoms with E-state index in [0.29, 0.717) is 6.42 Å². The Morgan fingerprint density at radius 2 is 1.81 bits per heavy atom. The molecule has 108 valence electrons. The Balaban J connectivity index is 1.70. The molecule has 0 heterocycles. The number of hydrogen-bond acceptors (Lipinski definition) is 2. The van der Waals surface area contributed by atoms with Gasteiger partial charge in [0.05, 0.1) is 18.1 Å². The van der Waals surface area contributed by atoms with Crippen LogP contribution in [-0.4, -0.2) is 17.1 Å². The molecule has 0 saturated carbocycles. The van der Waals surface area contributed by atoms with Crippen LogP contribution in [0.2, 0.25) is 0 Å². The van der Waals surface area contributed by atoms with Crippen LogP contribution in [0.25, 0.3) is 0 Å². The van der Waals surface area contributed by atoms with Gasteiger partial charge in [0, 0.05) is 0 Å². The molecule has 0 spiro atoms. The number of carbonyl (C=O) groups is 1. The molecule has 3 nitrogen and oxygen atoms in total. The van der Waals surface area contributed by atoms with Gasteiger partial charge in [-0.1, -0.05) is 54.6 Å². The molecular formula is C18H19NO2. The van der Waals surface area contributed by atoms with Crippen molar-refractivity contribution in [2.45, 2.75) is 31.4 Å². The van der Waals surface area contributed by atoms with E-state index in [0.717, 1.165) is 16.7 Å². The molecule has 1 unspecified atom stereocenters. The number of nitrogens with one attached hydrogen (secondary N) is 1. The maximum Gasteiger partial charge on any atom is 0.227 e. The molecule has 1 aliphatic carbocycles. The minimum absolute atomic E-state index is 0.0435. The van der Waals surface area contributed by atoms with Gasteiger partial charge >= 0.3 is 0 Å². The minimum atomic E-state index is -0.617. The lowest BCUT2D eigenvalue weighted by molar-refractivity contribution is -0.123. The predicted molar refractivity (Wildman–Crippen MR) is 81.9 cm³/mol. The zero-order chi connectivity index (χ0) is 14.8. The fourth-order valence-corrected chi connectivity index (χ4v) is 2.90. The average Bonchev–Trinajstić information content (AvgIpc) is 2.84. The van der Waals surface area contributed by atoms with Gasteiger partial charge in [-0.2, -0.15) is 0 Å². The van der Waals surface area contributed by atoms with Gasteiger partial charge in [0.15, 0.2) is 0 Å². The molecule has 0 saturated heterocycles. The quantitative estimate of drug-likeness (QED) is 0.908. The van der Waals surface area contributed by atoms with Gasteiger partial charge in [0.25, 0.3) is 0 Å². The zero-order valence-electron chi connectivity index (χ0n) is 12.0. The van der Waals surface area contributed by atoms with Crippen LogP contribution in [0.3, 0.4) is 0 Å². The van der Waals surface area contributed by atoms with Crippen LogP contribution in [0.4, 0.5) is 0 Å². The van der Waals surface area contributed by atoms with Crippen LogP contribution in [-0.2, 0) is 11.2 Å². The third-order valence-electron chi connectivity index (χ3n) is 4.22. The highest BCUT2D eigenvalue weighted by Gasteiger charge is 2.32. The van der Waals surface area contributed by atoms with Gasteiger partial charge in [-0.25, -0.2) is 0 Å². The Kier molecular flexibility index (Phi) is 3.76. The first kappa shape index (κ1) is 13.8. The molecule has 0 aliphatic heterocycles. The summed E-state index contributed by atoms with van der Waals surface area (Å²) in [5.41, 5.74) is 3.03. The summed E-state index contributed by atoms with van der Waals surface area (Å²) in [6.45, 7) is 1.89. The second-order valence-corrected chi connectivity index (χ2v) is 5.60. The SMILES string of the molecule is CC(C(=O)N[C@H]1Cc2ccccc2[C@H]1O)c1ccccc1. The molecule has 2 aromatic carbocycles. The molecule has 21 heavy (non-hydrogen) atoms. The molecule has 3 rings (SSSR count). The number of rotatable bonds is 3. The van der Waals surface area contributed by atoms with E-state index in [1.807, 2.05) is 61.5 Å². The number of hydrogen-bond donors (Lipinski definition) is 2. The normalized spacial score (nSPS) is 21.6. The van der Waals surface area contributed by atoms with Crippen molar-refractivity contribution in [3.8, 4) is 0 Å². The lowest BCUT2D eigenvalue weighted by Crippen LogP contribution is -2.40. The highest BCUT2D eigenvalue weighted by atomic mass is 16.3. The summed E-state index contributed by atoms with van der Waals surface area (Å²) in [6.07, 6.45) is 0.0676. The molecule has 0 bridgehead atoms. The van der Waals surface area contributed by atoms with Crippen molar-refractivity contribution in [3.05, 3.63) is 71.3 Å². The molecule has 1 aliphatic rings. The fourth-order valence-electron chi connectivity index (χ4n) is 2.90. The standard InChI is InChI=1S/C18H19NO2/c1-12(13-7-3-2-4-8-13)18(21)19-16-11-14-9-5-6-10-15(14)17(16)20/h2-10,12,16-17,20H,11H2,1H3,(H,19,21)/t12?,16-,17+/m0/s1. The Bertz CT molecular complexity index is 639. The van der Waals surface area contributed by atoms with Crippen LogP contribution in [0, 0.1) is 0 Å². The number of carbonyl (C=O) groups excluding carboxylic acids is 1. The monoisotopic (exact) mass is 281 g/mol. The van der Waals surface area contributed by atoms with Gasteiger partial charge in [-0.05, 0) is 30.0 Å². The molecule has 0 radical (unpaired) electrons. The van der Waals surface area contributed by atoms with E-state index >= 15 is 0 Å². The summed E-state index contributed by atoms with van der Waals surface area (Å²) in [5, 5.41) is 13.3. The zero-order valence-corrected chi connectivity index (χ0v) is 12.0. The van der Waals surface area contributed by atoms with Crippen molar-refractivity contribution in [3.63, 3.8) is 0 Å². The van der Waals surface area contributed by atoms with E-state index < -0.39 is 6.10 Å². The van der Waals surface area contributed by atoms with Crippen molar-refractivity contribution in [2.75, 3.05) is 0 Å². The first-order valence-corrected chi connectivity index (χ1v) is 7.28. The number of aliphatic hydroxyl groups excluding tert-OH is 1. The first-order valence-electron chi connectivity index (χ1n) is 7.28. The maximum atomic E-state index is 12.4. The molecule has 0 aromatic heterocycles. The van der Waals surface area contributed by atoms with Crippen LogP contribution in [0.1, 0.15) is 35.6 Å². The summed E-state index contributed by atoms with van der Waals surface area (Å²) >= 11 is 0. The van der Waals surface area contributed by atoms with Gasteiger partial charge < -0.3 is 10.4 Å². The molecule has 3 atom stereocenters. The summed E-state index contributed by atoms with van der Waals surface area (Å²) in [7, 11) is 0. The topological polar surface area (TPSA) is 49.3 Å². The third kappa shape index (κ3) is 2.69. The van der Waals surface area contributed by atoms with E-state index in [9.17, 15) is 9.90 Å². The Labute approximate surface area is 124 Å². The highest BCUT2D eigenvalue weighted by Crippen LogP contribution is 2.31. The second-order valence-electron chi connectivity index (χ2n) is 5.60. The molecule has 0 fully saturated rings. The van der Waals surface area contributed by atoms with E-state index in [-0.39, 0.29) is 17.9 Å². The first-order chi connectivity index (χ1) is 10.2. The van der Waals surface area contributed by atoms with Crippen LogP contribution in [0.15, 0.2) is 54.6 Å². The van der Waals surface area contributed by atoms with Gasteiger partial charge in [-0.3, -0.25) is 4.79 Å². The Morgan fingerprint density at radius 1 is 1.14 bits per heavy atom. The van der Waals surface area contributed by atoms with Crippen LogP contribution in [0.5, 0.6) is 0 Å². The molecule has 2 aromatic rings. The predicted octanol–water partition coefficient (Wildman–Crippen LogP) is 2.56. The number of fused-ring (bicyclic) bond motifs is 1. The maximum absolute atomic E-state index is 12.4. The Morgan fingerprint density at radius 3 is 2.52 bits per heavy atom. The lowest BCUT2D eigenvalue weighted by atomic mass is 10.00. The summed E-state index contributed by atoms with van der Waals surface area (Å²) in [4.78, 5) is 12.4. The highest BCUT2D eigenvalue weighted by molar-refractivity contribution is 5.83. The minimum Gasteiger partial charge on any atom is -0.386 e. The molecule has 2 N–H and O–H groups in total. The number of benzene rings is 2.